The Kier molecular flexibility index (Phi) is 6.47. The van der Waals surface area contributed by atoms with Crippen molar-refractivity contribution in [2.45, 2.75) is 27.7 Å². The van der Waals surface area contributed by atoms with E-state index >= 15 is 0 Å². The van der Waals surface area contributed by atoms with E-state index in [2.05, 4.69) is 67.0 Å². The maximum atomic E-state index is 5.07. The summed E-state index contributed by atoms with van der Waals surface area (Å²) in [6.07, 6.45) is 3.94. The van der Waals surface area contributed by atoms with Gasteiger partial charge in [-0.25, -0.2) is 0 Å². The average molecular weight is 458 g/mol. The molecule has 170 valence electrons. The molecule has 1 aromatic carbocycles. The zero-order valence-electron chi connectivity index (χ0n) is 20.3. The number of thiophene rings is 1. The van der Waals surface area contributed by atoms with Crippen molar-refractivity contribution in [2.75, 3.05) is 20.1 Å². The second-order valence-electron chi connectivity index (χ2n) is 8.54. The second kappa shape index (κ2) is 9.32. The van der Waals surface area contributed by atoms with E-state index in [-0.39, 0.29) is 0 Å². The first-order valence-electron chi connectivity index (χ1n) is 11.1. The van der Waals surface area contributed by atoms with Crippen molar-refractivity contribution >= 4 is 28.3 Å². The molecule has 5 rings (SSSR count). The van der Waals surface area contributed by atoms with Crippen LogP contribution in [0, 0.1) is 13.8 Å². The van der Waals surface area contributed by atoms with Gasteiger partial charge in [-0.15, -0.1) is 11.3 Å². The van der Waals surface area contributed by atoms with Crippen molar-refractivity contribution in [3.8, 4) is 11.1 Å². The lowest BCUT2D eigenvalue weighted by Gasteiger charge is -2.10. The normalized spacial score (nSPS) is 14.5. The molecule has 1 N–H and O–H groups in total. The Morgan fingerprint density at radius 1 is 1.03 bits per heavy atom. The third-order valence-electron chi connectivity index (χ3n) is 6.12. The molecule has 0 aliphatic carbocycles. The summed E-state index contributed by atoms with van der Waals surface area (Å²) in [5.41, 5.74) is 12.1. The number of fused-ring (bicyclic) bond motifs is 2. The fraction of sp³-hybridized carbons (Fsp3) is 0.296. The number of hydrogen-bond donors (Lipinski definition) is 1. The third kappa shape index (κ3) is 4.48. The molecule has 0 amide bonds. The minimum absolute atomic E-state index is 0.732. The lowest BCUT2D eigenvalue weighted by atomic mass is 9.94. The molecule has 0 unspecified atom stereocenters. The first kappa shape index (κ1) is 22.9. The fourth-order valence-corrected chi connectivity index (χ4v) is 5.36. The van der Waals surface area contributed by atoms with Crippen LogP contribution in [0.15, 0.2) is 64.5 Å². The predicted octanol–water partition coefficient (Wildman–Crippen LogP) is 5.58. The van der Waals surface area contributed by atoms with E-state index in [1.54, 1.807) is 0 Å². The molecule has 33 heavy (non-hydrogen) atoms. The number of hydrogen-bond acceptors (Lipinski definition) is 5. The van der Waals surface area contributed by atoms with Gasteiger partial charge < -0.3 is 5.32 Å². The molecule has 0 bridgehead atoms. The van der Waals surface area contributed by atoms with Crippen LogP contribution in [0.1, 0.15) is 40.3 Å². The quantitative estimate of drug-likeness (QED) is 0.558. The highest BCUT2D eigenvalue weighted by molar-refractivity contribution is 7.14. The van der Waals surface area contributed by atoms with E-state index in [1.807, 2.05) is 49.4 Å². The Hall–Kier alpha value is -3.25. The van der Waals surface area contributed by atoms with Gasteiger partial charge in [-0.1, -0.05) is 30.8 Å². The fourth-order valence-electron chi connectivity index (χ4n) is 4.05. The van der Waals surface area contributed by atoms with E-state index < -0.39 is 0 Å². The number of allylic oxidation sites excluding steroid dienone is 2. The standard InChI is InChI=1S/C23H22N4S.C4H9N/c1-13-15(3)28-23-20(13)22(25-10-18-9-24-14(2)21(18)23)17-7-5-16(6-8-17)19-11-26-27(4)12-19;1-4(2)5-3/h5-8,11-12H,9-10H2,1-4H3;5H,1H2,2-3H3. The molecule has 0 saturated heterocycles. The molecule has 2 aliphatic heterocycles. The first-order valence-corrected chi connectivity index (χ1v) is 11.9. The minimum Gasteiger partial charge on any atom is -0.392 e. The molecule has 3 aromatic rings. The number of aliphatic imine (C=N–C) groups is 2. The van der Waals surface area contributed by atoms with Gasteiger partial charge in [0.05, 0.1) is 25.0 Å². The number of aromatic nitrogens is 2. The summed E-state index contributed by atoms with van der Waals surface area (Å²) in [5.74, 6) is 0. The second-order valence-corrected chi connectivity index (χ2v) is 9.77. The van der Waals surface area contributed by atoms with Gasteiger partial charge in [0, 0.05) is 58.0 Å². The van der Waals surface area contributed by atoms with Crippen molar-refractivity contribution in [2.24, 2.45) is 17.0 Å². The maximum absolute atomic E-state index is 5.07. The zero-order chi connectivity index (χ0) is 23.7. The smallest absolute Gasteiger partial charge is 0.0740 e. The summed E-state index contributed by atoms with van der Waals surface area (Å²) in [7, 11) is 3.79. The Balaban J connectivity index is 0.000000471. The van der Waals surface area contributed by atoms with Gasteiger partial charge in [-0.3, -0.25) is 14.7 Å². The largest absolute Gasteiger partial charge is 0.392 e. The molecule has 0 fully saturated rings. The van der Waals surface area contributed by atoms with E-state index in [0.717, 1.165) is 35.8 Å². The monoisotopic (exact) mass is 457 g/mol. The van der Waals surface area contributed by atoms with Crippen LogP contribution < -0.4 is 5.32 Å². The molecule has 2 aromatic heterocycles. The summed E-state index contributed by atoms with van der Waals surface area (Å²) in [5, 5.41) is 7.11. The molecule has 2 aliphatic rings. The average Bonchev–Trinajstić information content (AvgIpc) is 3.44. The third-order valence-corrected chi connectivity index (χ3v) is 7.35. The first-order chi connectivity index (χ1) is 15.8. The Bertz CT molecular complexity index is 1300. The van der Waals surface area contributed by atoms with Crippen LogP contribution in [0.4, 0.5) is 0 Å². The van der Waals surface area contributed by atoms with Crippen LogP contribution in [0.2, 0.25) is 0 Å². The highest BCUT2D eigenvalue weighted by Crippen LogP contribution is 2.40. The van der Waals surface area contributed by atoms with Gasteiger partial charge in [-0.05, 0) is 50.1 Å². The van der Waals surface area contributed by atoms with Crippen LogP contribution >= 0.6 is 11.3 Å². The Labute approximate surface area is 200 Å². The summed E-state index contributed by atoms with van der Waals surface area (Å²) in [6, 6.07) is 8.72. The summed E-state index contributed by atoms with van der Waals surface area (Å²) in [6.45, 7) is 13.6. The number of nitrogens with one attached hydrogen (secondary N) is 1. The summed E-state index contributed by atoms with van der Waals surface area (Å²) >= 11 is 1.88. The SMILES string of the molecule is C=C(C)NC.CC1=NCC2=C1c1sc(C)c(C)c1C(c1ccc(-c3cnn(C)c3)cc1)=NC2. The van der Waals surface area contributed by atoms with Gasteiger partial charge in [0.2, 0.25) is 0 Å². The van der Waals surface area contributed by atoms with Gasteiger partial charge in [0.25, 0.3) is 0 Å². The predicted molar refractivity (Wildman–Crippen MR) is 142 cm³/mol. The van der Waals surface area contributed by atoms with E-state index in [1.165, 1.54) is 43.2 Å². The van der Waals surface area contributed by atoms with Crippen LogP contribution in [-0.4, -0.2) is 41.3 Å². The van der Waals surface area contributed by atoms with Crippen molar-refractivity contribution < 1.29 is 0 Å². The van der Waals surface area contributed by atoms with Crippen molar-refractivity contribution in [1.82, 2.24) is 15.1 Å². The van der Waals surface area contributed by atoms with Gasteiger partial charge >= 0.3 is 0 Å². The van der Waals surface area contributed by atoms with E-state index in [0.29, 0.717) is 0 Å². The van der Waals surface area contributed by atoms with Crippen LogP contribution in [-0.2, 0) is 7.05 Å². The van der Waals surface area contributed by atoms with Gasteiger partial charge in [0.15, 0.2) is 0 Å². The lowest BCUT2D eigenvalue weighted by Crippen LogP contribution is -2.07. The highest BCUT2D eigenvalue weighted by Gasteiger charge is 2.29. The molecule has 5 nitrogen and oxygen atoms in total. The molecule has 0 saturated carbocycles. The molecule has 0 radical (unpaired) electrons. The van der Waals surface area contributed by atoms with Gasteiger partial charge in [0.1, 0.15) is 0 Å². The number of aryl methyl sites for hydroxylation is 2. The maximum Gasteiger partial charge on any atom is 0.0740 e. The topological polar surface area (TPSA) is 54.6 Å². The highest BCUT2D eigenvalue weighted by atomic mass is 32.1. The Morgan fingerprint density at radius 2 is 1.67 bits per heavy atom. The lowest BCUT2D eigenvalue weighted by molar-refractivity contribution is 0.768. The van der Waals surface area contributed by atoms with Crippen molar-refractivity contribution in [3.05, 3.63) is 81.0 Å². The molecule has 0 spiro atoms. The number of benzene rings is 1. The molecule has 4 heterocycles. The zero-order valence-corrected chi connectivity index (χ0v) is 21.1. The van der Waals surface area contributed by atoms with Crippen molar-refractivity contribution in [3.63, 3.8) is 0 Å². The molecule has 0 atom stereocenters. The summed E-state index contributed by atoms with van der Waals surface area (Å²) in [4.78, 5) is 12.4. The van der Waals surface area contributed by atoms with Crippen LogP contribution in [0.5, 0.6) is 0 Å². The van der Waals surface area contributed by atoms with E-state index in [4.69, 9.17) is 4.99 Å². The van der Waals surface area contributed by atoms with Crippen LogP contribution in [0.25, 0.3) is 16.7 Å². The Morgan fingerprint density at radius 3 is 2.27 bits per heavy atom. The van der Waals surface area contributed by atoms with Crippen molar-refractivity contribution in [1.29, 1.82) is 0 Å². The number of rotatable bonds is 3. The number of nitrogens with zero attached hydrogens (tertiary/aromatic N) is 4. The van der Waals surface area contributed by atoms with Gasteiger partial charge in [-0.2, -0.15) is 5.10 Å². The van der Waals surface area contributed by atoms with Crippen LogP contribution in [0.3, 0.4) is 0 Å². The minimum atomic E-state index is 0.732. The molecule has 6 heteroatoms. The van der Waals surface area contributed by atoms with E-state index in [9.17, 15) is 0 Å². The molecular weight excluding hydrogens is 426 g/mol. The molecular formula is C27H31N5S. The summed E-state index contributed by atoms with van der Waals surface area (Å²) < 4.78 is 1.83.